The number of H-pyrrole nitrogens is 1. The molecule has 1 aromatic carbocycles. The van der Waals surface area contributed by atoms with E-state index in [9.17, 15) is 4.39 Å². The Balaban J connectivity index is 2.59. The van der Waals surface area contributed by atoms with Gasteiger partial charge in [-0.3, -0.25) is 5.10 Å². The number of nitrogens with one attached hydrogen (secondary N) is 1. The minimum Gasteiger partial charge on any atom is -0.380 e. The van der Waals surface area contributed by atoms with Crippen LogP contribution in [0.3, 0.4) is 0 Å². The Bertz CT molecular complexity index is 512. The van der Waals surface area contributed by atoms with E-state index >= 15 is 0 Å². The van der Waals surface area contributed by atoms with Gasteiger partial charge in [0.05, 0.1) is 0 Å². The highest BCUT2D eigenvalue weighted by Gasteiger charge is 2.14. The van der Waals surface area contributed by atoms with Crippen molar-refractivity contribution in [1.82, 2.24) is 10.2 Å². The van der Waals surface area contributed by atoms with E-state index in [4.69, 9.17) is 17.3 Å². The van der Waals surface area contributed by atoms with Crippen molar-refractivity contribution in [3.05, 3.63) is 33.5 Å². The van der Waals surface area contributed by atoms with Gasteiger partial charge in [-0.05, 0) is 12.1 Å². The van der Waals surface area contributed by atoms with Crippen molar-refractivity contribution in [2.24, 2.45) is 0 Å². The summed E-state index contributed by atoms with van der Waals surface area (Å²) in [5.74, 6) is -0.704. The van der Waals surface area contributed by atoms with Crippen LogP contribution in [0.4, 0.5) is 10.2 Å². The van der Waals surface area contributed by atoms with Gasteiger partial charge in [0, 0.05) is 15.1 Å². The largest absolute Gasteiger partial charge is 0.380 e. The van der Waals surface area contributed by atoms with E-state index in [1.165, 1.54) is 0 Å². The first-order chi connectivity index (χ1) is 7.09. The van der Waals surface area contributed by atoms with Crippen molar-refractivity contribution in [3.8, 4) is 11.3 Å². The van der Waals surface area contributed by atoms with Crippen molar-refractivity contribution >= 4 is 33.3 Å². The van der Waals surface area contributed by atoms with Gasteiger partial charge in [0.1, 0.15) is 5.69 Å². The third-order valence-electron chi connectivity index (χ3n) is 1.93. The molecular weight excluding hydrogens is 284 g/mol. The number of nitrogens with zero attached hydrogens (tertiary/aromatic N) is 1. The molecule has 0 spiro atoms. The predicted octanol–water partition coefficient (Wildman–Crippen LogP) is 3.21. The zero-order valence-corrected chi connectivity index (χ0v) is 9.73. The van der Waals surface area contributed by atoms with Crippen molar-refractivity contribution < 1.29 is 4.39 Å². The summed E-state index contributed by atoms with van der Waals surface area (Å²) in [7, 11) is 0. The fourth-order valence-electron chi connectivity index (χ4n) is 1.21. The maximum atomic E-state index is 13.5. The zero-order valence-electron chi connectivity index (χ0n) is 7.39. The van der Waals surface area contributed by atoms with E-state index in [0.717, 1.165) is 0 Å². The van der Waals surface area contributed by atoms with Gasteiger partial charge in [-0.25, -0.2) is 4.39 Å². The van der Waals surface area contributed by atoms with Gasteiger partial charge in [-0.15, -0.1) is 0 Å². The summed E-state index contributed by atoms with van der Waals surface area (Å²) >= 11 is 9.06. The molecule has 1 heterocycles. The molecule has 1 aromatic heterocycles. The van der Waals surface area contributed by atoms with Crippen LogP contribution in [0, 0.1) is 5.82 Å². The van der Waals surface area contributed by atoms with Crippen LogP contribution in [0.1, 0.15) is 0 Å². The Kier molecular flexibility index (Phi) is 2.67. The third-order valence-corrected chi connectivity index (χ3v) is 2.82. The van der Waals surface area contributed by atoms with E-state index in [-0.39, 0.29) is 11.5 Å². The summed E-state index contributed by atoms with van der Waals surface area (Å²) < 4.78 is 14.1. The molecule has 0 aliphatic carbocycles. The molecule has 2 rings (SSSR count). The lowest BCUT2D eigenvalue weighted by Gasteiger charge is -2.01. The van der Waals surface area contributed by atoms with Crippen LogP contribution in [0.2, 0.25) is 5.02 Å². The summed E-state index contributed by atoms with van der Waals surface area (Å²) in [6.45, 7) is 0. The first-order valence-electron chi connectivity index (χ1n) is 4.04. The van der Waals surface area contributed by atoms with Crippen LogP contribution in [0.25, 0.3) is 11.3 Å². The fourth-order valence-corrected chi connectivity index (χ4v) is 2.09. The van der Waals surface area contributed by atoms with Gasteiger partial charge in [0.25, 0.3) is 0 Å². The van der Waals surface area contributed by atoms with E-state index in [0.29, 0.717) is 15.1 Å². The number of anilines is 1. The van der Waals surface area contributed by atoms with E-state index in [1.807, 2.05) is 0 Å². The molecule has 0 amide bonds. The van der Waals surface area contributed by atoms with E-state index < -0.39 is 5.82 Å². The summed E-state index contributed by atoms with van der Waals surface area (Å²) in [6.07, 6.45) is 0. The molecule has 3 nitrogen and oxygen atoms in total. The van der Waals surface area contributed by atoms with Crippen LogP contribution in [0.5, 0.6) is 0 Å². The standard InChI is InChI=1S/C9H6BrClFN3/c10-6-3-4(11)1-2-5(6)8-7(12)9(13)15-14-8/h1-3H,(H3,13,14,15). The Morgan fingerprint density at radius 3 is 2.73 bits per heavy atom. The molecular formula is C9H6BrClFN3. The number of hydrogen-bond donors (Lipinski definition) is 2. The molecule has 0 fully saturated rings. The number of halogens is 3. The van der Waals surface area contributed by atoms with Crippen molar-refractivity contribution in [2.75, 3.05) is 5.73 Å². The normalized spacial score (nSPS) is 10.6. The predicted molar refractivity (Wildman–Crippen MR) is 61.1 cm³/mol. The number of nitrogen functional groups attached to an aromatic ring is 1. The molecule has 15 heavy (non-hydrogen) atoms. The maximum Gasteiger partial charge on any atom is 0.192 e. The second kappa shape index (κ2) is 3.83. The van der Waals surface area contributed by atoms with Gasteiger partial charge in [0.15, 0.2) is 11.6 Å². The average molecular weight is 291 g/mol. The molecule has 3 N–H and O–H groups in total. The maximum absolute atomic E-state index is 13.5. The lowest BCUT2D eigenvalue weighted by molar-refractivity contribution is 0.636. The Morgan fingerprint density at radius 2 is 2.20 bits per heavy atom. The SMILES string of the molecule is Nc1n[nH]c(-c2ccc(Cl)cc2Br)c1F. The summed E-state index contributed by atoms with van der Waals surface area (Å²) in [5, 5.41) is 6.68. The Labute approximate surface area is 98.6 Å². The molecule has 0 saturated carbocycles. The smallest absolute Gasteiger partial charge is 0.192 e. The van der Waals surface area contributed by atoms with Crippen LogP contribution < -0.4 is 5.73 Å². The number of aromatic nitrogens is 2. The van der Waals surface area contributed by atoms with Crippen molar-refractivity contribution in [1.29, 1.82) is 0 Å². The summed E-state index contributed by atoms with van der Waals surface area (Å²) in [5.41, 5.74) is 6.17. The van der Waals surface area contributed by atoms with Gasteiger partial charge < -0.3 is 5.73 Å². The Morgan fingerprint density at radius 1 is 1.47 bits per heavy atom. The number of benzene rings is 1. The highest BCUT2D eigenvalue weighted by molar-refractivity contribution is 9.10. The molecule has 0 bridgehead atoms. The van der Waals surface area contributed by atoms with Gasteiger partial charge in [-0.1, -0.05) is 33.6 Å². The molecule has 0 aliphatic heterocycles. The first kappa shape index (κ1) is 10.4. The molecule has 2 aromatic rings. The quantitative estimate of drug-likeness (QED) is 0.847. The third kappa shape index (κ3) is 1.85. The van der Waals surface area contributed by atoms with E-state index in [2.05, 4.69) is 26.1 Å². The first-order valence-corrected chi connectivity index (χ1v) is 5.21. The number of hydrogen-bond acceptors (Lipinski definition) is 2. The van der Waals surface area contributed by atoms with Gasteiger partial charge >= 0.3 is 0 Å². The second-order valence-corrected chi connectivity index (χ2v) is 4.21. The average Bonchev–Trinajstić information content (AvgIpc) is 2.49. The molecule has 6 heteroatoms. The molecule has 0 saturated heterocycles. The van der Waals surface area contributed by atoms with Gasteiger partial charge in [-0.2, -0.15) is 5.10 Å². The Hall–Kier alpha value is -1.07. The minimum absolute atomic E-state index is 0.146. The molecule has 0 atom stereocenters. The van der Waals surface area contributed by atoms with Crippen LogP contribution in [-0.4, -0.2) is 10.2 Å². The van der Waals surface area contributed by atoms with E-state index in [1.54, 1.807) is 18.2 Å². The highest BCUT2D eigenvalue weighted by Crippen LogP contribution is 2.32. The molecule has 0 radical (unpaired) electrons. The lowest BCUT2D eigenvalue weighted by Crippen LogP contribution is -1.88. The lowest BCUT2D eigenvalue weighted by atomic mass is 10.1. The van der Waals surface area contributed by atoms with Gasteiger partial charge in [0.2, 0.25) is 0 Å². The number of rotatable bonds is 1. The fraction of sp³-hybridized carbons (Fsp3) is 0. The number of aromatic amines is 1. The minimum atomic E-state index is -0.557. The monoisotopic (exact) mass is 289 g/mol. The number of nitrogens with two attached hydrogens (primary N) is 1. The van der Waals surface area contributed by atoms with Crippen molar-refractivity contribution in [3.63, 3.8) is 0 Å². The molecule has 78 valence electrons. The van der Waals surface area contributed by atoms with Crippen LogP contribution in [-0.2, 0) is 0 Å². The molecule has 0 unspecified atom stereocenters. The highest BCUT2D eigenvalue weighted by atomic mass is 79.9. The molecule has 0 aliphatic rings. The summed E-state index contributed by atoms with van der Waals surface area (Å²) in [6, 6.07) is 5.02. The van der Waals surface area contributed by atoms with Crippen LogP contribution in [0.15, 0.2) is 22.7 Å². The van der Waals surface area contributed by atoms with Crippen LogP contribution >= 0.6 is 27.5 Å². The zero-order chi connectivity index (χ0) is 11.0. The van der Waals surface area contributed by atoms with Crippen molar-refractivity contribution in [2.45, 2.75) is 0 Å². The second-order valence-electron chi connectivity index (χ2n) is 2.92. The summed E-state index contributed by atoms with van der Waals surface area (Å²) in [4.78, 5) is 0. The topological polar surface area (TPSA) is 54.7 Å².